The van der Waals surface area contributed by atoms with E-state index in [1.807, 2.05) is 4.90 Å². The van der Waals surface area contributed by atoms with Crippen molar-refractivity contribution in [3.63, 3.8) is 0 Å². The summed E-state index contributed by atoms with van der Waals surface area (Å²) < 4.78 is 0. The molecule has 2 saturated heterocycles. The number of carbonyl (C=O) groups excluding carboxylic acids is 2. The summed E-state index contributed by atoms with van der Waals surface area (Å²) in [6, 6.07) is 0.234. The lowest BCUT2D eigenvalue weighted by Gasteiger charge is -2.42. The Hall–Kier alpha value is -0.810. The monoisotopic (exact) mass is 343 g/mol. The number of likely N-dealkylation sites (tertiary alicyclic amines) is 1. The first-order chi connectivity index (χ1) is 10.8. The first-order valence-corrected chi connectivity index (χ1v) is 9.04. The molecule has 0 aromatic heterocycles. The van der Waals surface area contributed by atoms with Crippen molar-refractivity contribution >= 4 is 24.2 Å². The Morgan fingerprint density at radius 1 is 1.00 bits per heavy atom. The molecule has 132 valence electrons. The SMILES string of the molecule is Cl.O=C(C1CCCCCC1)N1CCCC(N2CCNCC2=O)C1. The number of hydrogen-bond acceptors (Lipinski definition) is 3. The molecule has 1 saturated carbocycles. The average Bonchev–Trinajstić information content (AvgIpc) is 2.84. The van der Waals surface area contributed by atoms with E-state index in [1.54, 1.807) is 0 Å². The van der Waals surface area contributed by atoms with Crippen molar-refractivity contribution in [1.82, 2.24) is 15.1 Å². The van der Waals surface area contributed by atoms with E-state index in [1.165, 1.54) is 25.7 Å². The molecule has 0 bridgehead atoms. The van der Waals surface area contributed by atoms with Gasteiger partial charge in [0.25, 0.3) is 0 Å². The van der Waals surface area contributed by atoms with Gasteiger partial charge in [-0.25, -0.2) is 0 Å². The summed E-state index contributed by atoms with van der Waals surface area (Å²) >= 11 is 0. The van der Waals surface area contributed by atoms with Crippen molar-refractivity contribution in [3.05, 3.63) is 0 Å². The zero-order chi connectivity index (χ0) is 15.4. The van der Waals surface area contributed by atoms with Gasteiger partial charge in [0, 0.05) is 38.1 Å². The molecular formula is C17H30ClN3O2. The lowest BCUT2D eigenvalue weighted by Crippen LogP contribution is -2.58. The van der Waals surface area contributed by atoms with Crippen molar-refractivity contribution < 1.29 is 9.59 Å². The molecule has 3 aliphatic rings. The van der Waals surface area contributed by atoms with Crippen molar-refractivity contribution in [3.8, 4) is 0 Å². The average molecular weight is 344 g/mol. The molecule has 5 nitrogen and oxygen atoms in total. The zero-order valence-corrected chi connectivity index (χ0v) is 14.8. The molecule has 1 N–H and O–H groups in total. The smallest absolute Gasteiger partial charge is 0.236 e. The van der Waals surface area contributed by atoms with Gasteiger partial charge in [-0.2, -0.15) is 0 Å². The highest BCUT2D eigenvalue weighted by Crippen LogP contribution is 2.26. The highest BCUT2D eigenvalue weighted by atomic mass is 35.5. The molecule has 2 aliphatic heterocycles. The number of nitrogens with one attached hydrogen (secondary N) is 1. The molecule has 0 spiro atoms. The molecule has 1 atom stereocenters. The number of nitrogens with zero attached hydrogens (tertiary/aromatic N) is 2. The van der Waals surface area contributed by atoms with Crippen LogP contribution in [0.5, 0.6) is 0 Å². The zero-order valence-electron chi connectivity index (χ0n) is 14.0. The normalized spacial score (nSPS) is 27.3. The number of amides is 2. The second-order valence-corrected chi connectivity index (χ2v) is 7.03. The molecular weight excluding hydrogens is 314 g/mol. The van der Waals surface area contributed by atoms with Crippen LogP contribution in [-0.4, -0.2) is 60.4 Å². The summed E-state index contributed by atoms with van der Waals surface area (Å²) in [7, 11) is 0. The van der Waals surface area contributed by atoms with Gasteiger partial charge >= 0.3 is 0 Å². The highest BCUT2D eigenvalue weighted by molar-refractivity contribution is 5.85. The lowest BCUT2D eigenvalue weighted by molar-refractivity contribution is -0.143. The standard InChI is InChI=1S/C17H29N3O2.ClH/c21-16-12-18-9-11-20(16)15-8-5-10-19(13-15)17(22)14-6-3-1-2-4-7-14;/h14-15,18H,1-13H2;1H. The molecule has 23 heavy (non-hydrogen) atoms. The Morgan fingerprint density at radius 2 is 1.74 bits per heavy atom. The Balaban J connectivity index is 0.00000192. The van der Waals surface area contributed by atoms with E-state index >= 15 is 0 Å². The Labute approximate surface area is 145 Å². The first kappa shape index (κ1) is 18.5. The lowest BCUT2D eigenvalue weighted by atomic mass is 9.96. The third kappa shape index (κ3) is 4.60. The van der Waals surface area contributed by atoms with Gasteiger partial charge in [-0.1, -0.05) is 25.7 Å². The second-order valence-electron chi connectivity index (χ2n) is 7.03. The van der Waals surface area contributed by atoms with Crippen LogP contribution in [0.1, 0.15) is 51.4 Å². The fraction of sp³-hybridized carbons (Fsp3) is 0.882. The summed E-state index contributed by atoms with van der Waals surface area (Å²) in [6.45, 7) is 3.74. The largest absolute Gasteiger partial charge is 0.340 e. The summed E-state index contributed by atoms with van der Waals surface area (Å²) in [5, 5.41) is 3.12. The van der Waals surface area contributed by atoms with E-state index < -0.39 is 0 Å². The third-order valence-electron chi connectivity index (χ3n) is 5.48. The molecule has 0 radical (unpaired) electrons. The summed E-state index contributed by atoms with van der Waals surface area (Å²) in [6.07, 6.45) is 9.15. The van der Waals surface area contributed by atoms with E-state index in [2.05, 4.69) is 10.2 Å². The van der Waals surface area contributed by atoms with Crippen LogP contribution in [0.15, 0.2) is 0 Å². The Morgan fingerprint density at radius 3 is 2.43 bits per heavy atom. The van der Waals surface area contributed by atoms with Crippen LogP contribution in [0.25, 0.3) is 0 Å². The van der Waals surface area contributed by atoms with Gasteiger partial charge in [0.15, 0.2) is 0 Å². The Kier molecular flexibility index (Phi) is 7.15. The quantitative estimate of drug-likeness (QED) is 0.778. The van der Waals surface area contributed by atoms with Gasteiger partial charge in [0.05, 0.1) is 6.54 Å². The number of halogens is 1. The number of carbonyl (C=O) groups is 2. The molecule has 0 aromatic rings. The van der Waals surface area contributed by atoms with Gasteiger partial charge in [-0.15, -0.1) is 12.4 Å². The van der Waals surface area contributed by atoms with Crippen LogP contribution < -0.4 is 5.32 Å². The predicted molar refractivity (Wildman–Crippen MR) is 92.6 cm³/mol. The topological polar surface area (TPSA) is 52.7 Å². The second kappa shape index (κ2) is 8.88. The molecule has 2 amide bonds. The van der Waals surface area contributed by atoms with E-state index in [0.717, 1.165) is 51.9 Å². The minimum atomic E-state index is 0. The van der Waals surface area contributed by atoms with Gasteiger partial charge in [-0.3, -0.25) is 9.59 Å². The first-order valence-electron chi connectivity index (χ1n) is 9.04. The maximum atomic E-state index is 12.8. The van der Waals surface area contributed by atoms with E-state index in [-0.39, 0.29) is 30.3 Å². The van der Waals surface area contributed by atoms with Crippen molar-refractivity contribution in [2.45, 2.75) is 57.4 Å². The molecule has 3 fully saturated rings. The van der Waals surface area contributed by atoms with Gasteiger partial charge in [0.1, 0.15) is 0 Å². The summed E-state index contributed by atoms with van der Waals surface area (Å²) in [5.41, 5.74) is 0. The molecule has 1 aliphatic carbocycles. The fourth-order valence-electron chi connectivity index (χ4n) is 4.20. The van der Waals surface area contributed by atoms with Crippen LogP contribution in [0.2, 0.25) is 0 Å². The van der Waals surface area contributed by atoms with Crippen LogP contribution in [0.3, 0.4) is 0 Å². The van der Waals surface area contributed by atoms with Crippen LogP contribution >= 0.6 is 12.4 Å². The Bertz CT molecular complexity index is 411. The van der Waals surface area contributed by atoms with Crippen molar-refractivity contribution in [1.29, 1.82) is 0 Å². The van der Waals surface area contributed by atoms with Crippen molar-refractivity contribution in [2.24, 2.45) is 5.92 Å². The molecule has 1 unspecified atom stereocenters. The maximum absolute atomic E-state index is 12.8. The molecule has 0 aromatic carbocycles. The van der Waals surface area contributed by atoms with Crippen LogP contribution in [0, 0.1) is 5.92 Å². The molecule has 6 heteroatoms. The summed E-state index contributed by atoms with van der Waals surface area (Å²) in [4.78, 5) is 29.0. The number of piperazine rings is 1. The van der Waals surface area contributed by atoms with Gasteiger partial charge < -0.3 is 15.1 Å². The predicted octanol–water partition coefficient (Wildman–Crippen LogP) is 1.80. The third-order valence-corrected chi connectivity index (χ3v) is 5.48. The summed E-state index contributed by atoms with van der Waals surface area (Å²) in [5.74, 6) is 0.786. The highest BCUT2D eigenvalue weighted by Gasteiger charge is 2.33. The minimum absolute atomic E-state index is 0. The fourth-order valence-corrected chi connectivity index (χ4v) is 4.20. The number of piperidine rings is 1. The number of rotatable bonds is 2. The molecule has 2 heterocycles. The van der Waals surface area contributed by atoms with Crippen LogP contribution in [-0.2, 0) is 9.59 Å². The molecule has 3 rings (SSSR count). The van der Waals surface area contributed by atoms with Crippen molar-refractivity contribution in [2.75, 3.05) is 32.7 Å². The van der Waals surface area contributed by atoms with Gasteiger partial charge in [-0.05, 0) is 25.7 Å². The minimum Gasteiger partial charge on any atom is -0.340 e. The van der Waals surface area contributed by atoms with Gasteiger partial charge in [0.2, 0.25) is 11.8 Å². The van der Waals surface area contributed by atoms with E-state index in [9.17, 15) is 9.59 Å². The van der Waals surface area contributed by atoms with E-state index in [0.29, 0.717) is 12.5 Å². The van der Waals surface area contributed by atoms with Crippen LogP contribution in [0.4, 0.5) is 0 Å². The van der Waals surface area contributed by atoms with E-state index in [4.69, 9.17) is 0 Å². The number of hydrogen-bond donors (Lipinski definition) is 1. The maximum Gasteiger partial charge on any atom is 0.236 e.